The van der Waals surface area contributed by atoms with Crippen molar-refractivity contribution < 1.29 is 19.4 Å². The third-order valence-electron chi connectivity index (χ3n) is 4.51. The van der Waals surface area contributed by atoms with E-state index in [1.54, 1.807) is 0 Å². The number of fused-ring (bicyclic) bond motifs is 3. The van der Waals surface area contributed by atoms with E-state index < -0.39 is 18.1 Å². The number of rotatable bonds is 6. The summed E-state index contributed by atoms with van der Waals surface area (Å²) in [5.74, 6) is -1.08. The first-order valence-electron chi connectivity index (χ1n) is 8.46. The fourth-order valence-electron chi connectivity index (χ4n) is 3.33. The second kappa shape index (κ2) is 7.38. The first-order valence-corrected chi connectivity index (χ1v) is 8.46. The van der Waals surface area contributed by atoms with E-state index in [4.69, 9.17) is 9.84 Å². The highest BCUT2D eigenvalue weighted by atomic mass is 16.5. The van der Waals surface area contributed by atoms with Crippen molar-refractivity contribution in [3.8, 4) is 11.1 Å². The van der Waals surface area contributed by atoms with Crippen LogP contribution in [0.3, 0.4) is 0 Å². The lowest BCUT2D eigenvalue weighted by atomic mass is 9.98. The molecule has 1 unspecified atom stereocenters. The molecule has 1 aliphatic carbocycles. The molecule has 130 valence electrons. The topological polar surface area (TPSA) is 75.6 Å². The Morgan fingerprint density at radius 2 is 1.64 bits per heavy atom. The zero-order chi connectivity index (χ0) is 17.8. The van der Waals surface area contributed by atoms with Gasteiger partial charge in [0.05, 0.1) is 0 Å². The third-order valence-corrected chi connectivity index (χ3v) is 4.51. The van der Waals surface area contributed by atoms with E-state index in [0.717, 1.165) is 22.3 Å². The average Bonchev–Trinajstić information content (AvgIpc) is 2.93. The van der Waals surface area contributed by atoms with Gasteiger partial charge in [-0.2, -0.15) is 0 Å². The van der Waals surface area contributed by atoms with Gasteiger partial charge in [0.2, 0.25) is 0 Å². The Morgan fingerprint density at radius 1 is 1.08 bits per heavy atom. The molecule has 1 aliphatic rings. The summed E-state index contributed by atoms with van der Waals surface area (Å²) in [6, 6.07) is 15.2. The van der Waals surface area contributed by atoms with Crippen molar-refractivity contribution >= 4 is 12.1 Å². The van der Waals surface area contributed by atoms with Gasteiger partial charge in [-0.3, -0.25) is 0 Å². The van der Waals surface area contributed by atoms with Gasteiger partial charge in [-0.25, -0.2) is 9.59 Å². The highest BCUT2D eigenvalue weighted by molar-refractivity contribution is 5.81. The largest absolute Gasteiger partial charge is 0.480 e. The van der Waals surface area contributed by atoms with Gasteiger partial charge in [-0.05, 0) is 28.7 Å². The highest BCUT2D eigenvalue weighted by Gasteiger charge is 2.29. The molecule has 0 saturated carbocycles. The normalized spacial score (nSPS) is 13.6. The molecule has 0 bridgehead atoms. The highest BCUT2D eigenvalue weighted by Crippen LogP contribution is 2.44. The number of hydrogen-bond acceptors (Lipinski definition) is 3. The predicted molar refractivity (Wildman–Crippen MR) is 94.5 cm³/mol. The standard InChI is InChI=1S/C20H21NO4/c1-2-7-18(19(22)23)21-20(24)25-12-17-15-10-5-3-8-13(15)14-9-4-6-11-16(14)17/h3-6,8-11,17-18H,2,7,12H2,1H3,(H,21,24)(H,22,23). The van der Waals surface area contributed by atoms with E-state index in [1.807, 2.05) is 43.3 Å². The minimum absolute atomic E-state index is 0.0346. The molecular formula is C20H21NO4. The van der Waals surface area contributed by atoms with Crippen LogP contribution in [0, 0.1) is 0 Å². The Kier molecular flexibility index (Phi) is 5.03. The SMILES string of the molecule is CCCC(NC(=O)OCC1c2ccccc2-c2ccccc21)C(=O)O. The Bertz CT molecular complexity index is 741. The fraction of sp³-hybridized carbons (Fsp3) is 0.300. The molecule has 0 saturated heterocycles. The summed E-state index contributed by atoms with van der Waals surface area (Å²) < 4.78 is 5.35. The molecule has 3 rings (SSSR count). The Morgan fingerprint density at radius 3 is 2.16 bits per heavy atom. The number of ether oxygens (including phenoxy) is 1. The monoisotopic (exact) mass is 339 g/mol. The molecule has 2 N–H and O–H groups in total. The first kappa shape index (κ1) is 17.0. The number of carbonyl (C=O) groups excluding carboxylic acids is 1. The van der Waals surface area contributed by atoms with Crippen LogP contribution in [0.5, 0.6) is 0 Å². The summed E-state index contributed by atoms with van der Waals surface area (Å²) in [6.07, 6.45) is 0.350. The van der Waals surface area contributed by atoms with Crippen LogP contribution < -0.4 is 5.32 Å². The van der Waals surface area contributed by atoms with E-state index in [1.165, 1.54) is 0 Å². The second-order valence-electron chi connectivity index (χ2n) is 6.15. The Labute approximate surface area is 146 Å². The lowest BCUT2D eigenvalue weighted by molar-refractivity contribution is -0.139. The predicted octanol–water partition coefficient (Wildman–Crippen LogP) is 3.78. The van der Waals surface area contributed by atoms with Crippen molar-refractivity contribution in [2.45, 2.75) is 31.7 Å². The van der Waals surface area contributed by atoms with Gasteiger partial charge >= 0.3 is 12.1 Å². The number of alkyl carbamates (subject to hydrolysis) is 1. The molecule has 0 radical (unpaired) electrons. The maximum Gasteiger partial charge on any atom is 0.407 e. The van der Waals surface area contributed by atoms with Crippen LogP contribution in [0.2, 0.25) is 0 Å². The number of amides is 1. The zero-order valence-electron chi connectivity index (χ0n) is 14.1. The van der Waals surface area contributed by atoms with Crippen LogP contribution in [-0.4, -0.2) is 29.8 Å². The van der Waals surface area contributed by atoms with Crippen molar-refractivity contribution in [1.29, 1.82) is 0 Å². The minimum Gasteiger partial charge on any atom is -0.480 e. The van der Waals surface area contributed by atoms with Crippen LogP contribution >= 0.6 is 0 Å². The number of nitrogens with one attached hydrogen (secondary N) is 1. The van der Waals surface area contributed by atoms with E-state index in [0.29, 0.717) is 12.8 Å². The van der Waals surface area contributed by atoms with Gasteiger partial charge in [-0.1, -0.05) is 61.9 Å². The van der Waals surface area contributed by atoms with Crippen molar-refractivity contribution in [2.75, 3.05) is 6.61 Å². The smallest absolute Gasteiger partial charge is 0.407 e. The molecule has 2 aromatic rings. The summed E-state index contributed by atoms with van der Waals surface area (Å²) in [7, 11) is 0. The number of carboxylic acid groups (broad SMARTS) is 1. The molecular weight excluding hydrogens is 318 g/mol. The maximum atomic E-state index is 12.0. The Hall–Kier alpha value is -2.82. The third kappa shape index (κ3) is 3.50. The molecule has 5 heteroatoms. The number of aliphatic carboxylic acids is 1. The molecule has 1 atom stereocenters. The van der Waals surface area contributed by atoms with Gasteiger partial charge in [0.15, 0.2) is 0 Å². The fourth-order valence-corrected chi connectivity index (χ4v) is 3.33. The van der Waals surface area contributed by atoms with Gasteiger partial charge in [-0.15, -0.1) is 0 Å². The zero-order valence-corrected chi connectivity index (χ0v) is 14.1. The van der Waals surface area contributed by atoms with Crippen molar-refractivity contribution in [2.24, 2.45) is 0 Å². The van der Waals surface area contributed by atoms with Gasteiger partial charge < -0.3 is 15.2 Å². The van der Waals surface area contributed by atoms with Gasteiger partial charge in [0, 0.05) is 5.92 Å². The van der Waals surface area contributed by atoms with Crippen LogP contribution in [0.25, 0.3) is 11.1 Å². The Balaban J connectivity index is 1.71. The van der Waals surface area contributed by atoms with Crippen molar-refractivity contribution in [1.82, 2.24) is 5.32 Å². The molecule has 0 fully saturated rings. The van der Waals surface area contributed by atoms with Crippen LogP contribution in [0.4, 0.5) is 4.79 Å². The summed E-state index contributed by atoms with van der Waals surface area (Å²) in [6.45, 7) is 2.05. The van der Waals surface area contributed by atoms with Gasteiger partial charge in [0.25, 0.3) is 0 Å². The molecule has 0 aromatic heterocycles. The molecule has 0 spiro atoms. The van der Waals surface area contributed by atoms with E-state index in [-0.39, 0.29) is 12.5 Å². The molecule has 0 aliphatic heterocycles. The second-order valence-corrected chi connectivity index (χ2v) is 6.15. The van der Waals surface area contributed by atoms with E-state index in [9.17, 15) is 9.59 Å². The quantitative estimate of drug-likeness (QED) is 0.840. The first-order chi connectivity index (χ1) is 12.1. The van der Waals surface area contributed by atoms with Gasteiger partial charge in [0.1, 0.15) is 12.6 Å². The summed E-state index contributed by atoms with van der Waals surface area (Å²) in [5, 5.41) is 11.6. The van der Waals surface area contributed by atoms with E-state index in [2.05, 4.69) is 17.4 Å². The molecule has 2 aromatic carbocycles. The van der Waals surface area contributed by atoms with Crippen molar-refractivity contribution in [3.63, 3.8) is 0 Å². The lowest BCUT2D eigenvalue weighted by Gasteiger charge is -2.17. The summed E-state index contributed by atoms with van der Waals surface area (Å²) >= 11 is 0. The number of carboxylic acids is 1. The van der Waals surface area contributed by atoms with E-state index >= 15 is 0 Å². The van der Waals surface area contributed by atoms with Crippen LogP contribution in [0.1, 0.15) is 36.8 Å². The molecule has 0 heterocycles. The summed E-state index contributed by atoms with van der Waals surface area (Å²) in [5.41, 5.74) is 4.56. The maximum absolute atomic E-state index is 12.0. The molecule has 1 amide bonds. The minimum atomic E-state index is -1.05. The number of carbonyl (C=O) groups is 2. The number of benzene rings is 2. The van der Waals surface area contributed by atoms with Crippen LogP contribution in [0.15, 0.2) is 48.5 Å². The van der Waals surface area contributed by atoms with Crippen molar-refractivity contribution in [3.05, 3.63) is 59.7 Å². The number of hydrogen-bond donors (Lipinski definition) is 2. The van der Waals surface area contributed by atoms with Crippen LogP contribution in [-0.2, 0) is 9.53 Å². The average molecular weight is 339 g/mol. The lowest BCUT2D eigenvalue weighted by Crippen LogP contribution is -2.41. The molecule has 5 nitrogen and oxygen atoms in total. The molecule has 25 heavy (non-hydrogen) atoms. The summed E-state index contributed by atoms with van der Waals surface area (Å²) in [4.78, 5) is 23.2.